The molecule has 0 amide bonds. The largest absolute Gasteiger partial charge is 0.365 e. The third-order valence-corrected chi connectivity index (χ3v) is 3.03. The van der Waals surface area contributed by atoms with Crippen LogP contribution in [0.1, 0.15) is 5.56 Å². The highest BCUT2D eigenvalue weighted by Crippen LogP contribution is 2.34. The highest BCUT2D eigenvalue weighted by atomic mass is 16.6. The van der Waals surface area contributed by atoms with E-state index in [-0.39, 0.29) is 5.69 Å². The molecule has 6 heteroatoms. The average Bonchev–Trinajstić information content (AvgIpc) is 2.47. The number of nitro groups is 1. The normalized spacial score (nSPS) is 10.1. The highest BCUT2D eigenvalue weighted by Gasteiger charge is 2.21. The van der Waals surface area contributed by atoms with Gasteiger partial charge in [-0.15, -0.1) is 0 Å². The van der Waals surface area contributed by atoms with Gasteiger partial charge in [-0.1, -0.05) is 36.4 Å². The molecule has 6 nitrogen and oxygen atoms in total. The summed E-state index contributed by atoms with van der Waals surface area (Å²) in [4.78, 5) is 12.6. The lowest BCUT2D eigenvalue weighted by Gasteiger charge is -2.20. The maximum Gasteiger partial charge on any atom is 0.316 e. The summed E-state index contributed by atoms with van der Waals surface area (Å²) in [6, 6.07) is 14.8. The van der Waals surface area contributed by atoms with E-state index in [0.717, 1.165) is 5.56 Å². The van der Waals surface area contributed by atoms with Crippen molar-refractivity contribution in [3.63, 3.8) is 0 Å². The molecule has 0 radical (unpaired) electrons. The molecule has 0 aromatic heterocycles. The highest BCUT2D eigenvalue weighted by molar-refractivity contribution is 5.76. The standard InChI is InChI=1S/C14H16N4O2/c1-17(10-11-6-3-2-4-7-11)13-9-5-8-12(16-15)14(13)18(19)20/h2-9,16H,10,15H2,1H3. The molecule has 0 aliphatic rings. The van der Waals surface area contributed by atoms with Crippen LogP contribution in [0.15, 0.2) is 48.5 Å². The topological polar surface area (TPSA) is 84.4 Å². The van der Waals surface area contributed by atoms with Crippen molar-refractivity contribution in [1.29, 1.82) is 0 Å². The maximum absolute atomic E-state index is 11.2. The zero-order valence-corrected chi connectivity index (χ0v) is 11.1. The van der Waals surface area contributed by atoms with Gasteiger partial charge in [-0.2, -0.15) is 0 Å². The molecule has 0 heterocycles. The van der Waals surface area contributed by atoms with Gasteiger partial charge >= 0.3 is 5.69 Å². The van der Waals surface area contributed by atoms with Gasteiger partial charge in [0.15, 0.2) is 0 Å². The number of nitro benzene ring substituents is 1. The number of para-hydroxylation sites is 1. The second kappa shape index (κ2) is 6.03. The average molecular weight is 272 g/mol. The Labute approximate surface area is 116 Å². The lowest BCUT2D eigenvalue weighted by molar-refractivity contribution is -0.383. The van der Waals surface area contributed by atoms with E-state index in [4.69, 9.17) is 5.84 Å². The monoisotopic (exact) mass is 272 g/mol. The number of hydrogen-bond acceptors (Lipinski definition) is 5. The fourth-order valence-corrected chi connectivity index (χ4v) is 2.09. The van der Waals surface area contributed by atoms with E-state index in [1.165, 1.54) is 0 Å². The molecule has 0 atom stereocenters. The Kier molecular flexibility index (Phi) is 4.17. The van der Waals surface area contributed by atoms with E-state index in [1.54, 1.807) is 18.2 Å². The predicted octanol–water partition coefficient (Wildman–Crippen LogP) is 2.52. The first-order chi connectivity index (χ1) is 9.63. The van der Waals surface area contributed by atoms with Crippen molar-refractivity contribution in [2.45, 2.75) is 6.54 Å². The van der Waals surface area contributed by atoms with Crippen LogP contribution in [0.5, 0.6) is 0 Å². The summed E-state index contributed by atoms with van der Waals surface area (Å²) in [5.74, 6) is 5.34. The molecule has 0 aliphatic carbocycles. The molecule has 0 spiro atoms. The van der Waals surface area contributed by atoms with Crippen LogP contribution in [0.3, 0.4) is 0 Å². The summed E-state index contributed by atoms with van der Waals surface area (Å²) in [6.07, 6.45) is 0. The van der Waals surface area contributed by atoms with Gasteiger partial charge in [0, 0.05) is 13.6 Å². The second-order valence-corrected chi connectivity index (χ2v) is 4.42. The number of benzene rings is 2. The molecule has 3 N–H and O–H groups in total. The van der Waals surface area contributed by atoms with Crippen molar-refractivity contribution in [2.24, 2.45) is 5.84 Å². The Morgan fingerprint density at radius 1 is 1.20 bits per heavy atom. The van der Waals surface area contributed by atoms with Crippen LogP contribution in [0.2, 0.25) is 0 Å². The number of nitrogens with one attached hydrogen (secondary N) is 1. The number of nitrogen functional groups attached to an aromatic ring is 1. The summed E-state index contributed by atoms with van der Waals surface area (Å²) in [5.41, 5.74) is 4.25. The Morgan fingerprint density at radius 3 is 2.50 bits per heavy atom. The lowest BCUT2D eigenvalue weighted by atomic mass is 10.1. The zero-order valence-electron chi connectivity index (χ0n) is 11.1. The smallest absolute Gasteiger partial charge is 0.316 e. The number of nitrogens with two attached hydrogens (primary N) is 1. The van der Waals surface area contributed by atoms with E-state index < -0.39 is 4.92 Å². The SMILES string of the molecule is CN(Cc1ccccc1)c1cccc(NN)c1[N+](=O)[O-]. The molecule has 0 saturated carbocycles. The molecule has 0 unspecified atom stereocenters. The van der Waals surface area contributed by atoms with E-state index in [2.05, 4.69) is 5.43 Å². The number of hydrazine groups is 1. The van der Waals surface area contributed by atoms with Crippen LogP contribution >= 0.6 is 0 Å². The summed E-state index contributed by atoms with van der Waals surface area (Å²) < 4.78 is 0. The molecule has 104 valence electrons. The number of rotatable bonds is 5. The first-order valence-corrected chi connectivity index (χ1v) is 6.12. The van der Waals surface area contributed by atoms with Gasteiger partial charge < -0.3 is 10.3 Å². The quantitative estimate of drug-likeness (QED) is 0.496. The van der Waals surface area contributed by atoms with E-state index >= 15 is 0 Å². The van der Waals surface area contributed by atoms with Crippen LogP contribution in [0, 0.1) is 10.1 Å². The van der Waals surface area contributed by atoms with Crippen molar-refractivity contribution >= 4 is 17.1 Å². The van der Waals surface area contributed by atoms with Crippen molar-refractivity contribution in [2.75, 3.05) is 17.4 Å². The Balaban J connectivity index is 2.34. The summed E-state index contributed by atoms with van der Waals surface area (Å²) in [5, 5.41) is 11.2. The molecular weight excluding hydrogens is 256 g/mol. The third kappa shape index (κ3) is 2.86. The molecule has 2 rings (SSSR count). The molecule has 2 aromatic carbocycles. The van der Waals surface area contributed by atoms with Crippen molar-refractivity contribution in [3.05, 3.63) is 64.2 Å². The Morgan fingerprint density at radius 2 is 1.90 bits per heavy atom. The van der Waals surface area contributed by atoms with Crippen LogP contribution in [-0.4, -0.2) is 12.0 Å². The van der Waals surface area contributed by atoms with Gasteiger partial charge in [0.2, 0.25) is 0 Å². The molecule has 0 fully saturated rings. The number of anilines is 2. The van der Waals surface area contributed by atoms with Gasteiger partial charge in [-0.3, -0.25) is 16.0 Å². The predicted molar refractivity (Wildman–Crippen MR) is 79.5 cm³/mol. The van der Waals surface area contributed by atoms with E-state index in [1.807, 2.05) is 42.3 Å². The molecule has 0 saturated heterocycles. The van der Waals surface area contributed by atoms with E-state index in [0.29, 0.717) is 17.9 Å². The van der Waals surface area contributed by atoms with Crippen LogP contribution in [0.4, 0.5) is 17.1 Å². The lowest BCUT2D eigenvalue weighted by Crippen LogP contribution is -2.19. The minimum atomic E-state index is -0.425. The summed E-state index contributed by atoms with van der Waals surface area (Å²) >= 11 is 0. The van der Waals surface area contributed by atoms with Crippen LogP contribution in [0.25, 0.3) is 0 Å². The fourth-order valence-electron chi connectivity index (χ4n) is 2.09. The van der Waals surface area contributed by atoms with Crippen molar-refractivity contribution < 1.29 is 4.92 Å². The minimum absolute atomic E-state index is 0.0200. The summed E-state index contributed by atoms with van der Waals surface area (Å²) in [7, 11) is 1.82. The second-order valence-electron chi connectivity index (χ2n) is 4.42. The van der Waals surface area contributed by atoms with Gasteiger partial charge in [0.25, 0.3) is 0 Å². The van der Waals surface area contributed by atoms with Gasteiger partial charge in [-0.05, 0) is 17.7 Å². The Hall–Kier alpha value is -2.60. The maximum atomic E-state index is 11.2. The number of nitrogens with zero attached hydrogens (tertiary/aromatic N) is 2. The first-order valence-electron chi connectivity index (χ1n) is 6.12. The molecular formula is C14H16N4O2. The fraction of sp³-hybridized carbons (Fsp3) is 0.143. The molecule has 20 heavy (non-hydrogen) atoms. The number of hydrogen-bond donors (Lipinski definition) is 2. The van der Waals surface area contributed by atoms with Gasteiger partial charge in [0.1, 0.15) is 11.4 Å². The van der Waals surface area contributed by atoms with Crippen molar-refractivity contribution in [3.8, 4) is 0 Å². The Bertz CT molecular complexity index is 601. The first kappa shape index (κ1) is 13.8. The third-order valence-electron chi connectivity index (χ3n) is 3.03. The zero-order chi connectivity index (χ0) is 14.5. The molecule has 2 aromatic rings. The van der Waals surface area contributed by atoms with Crippen LogP contribution in [-0.2, 0) is 6.54 Å². The van der Waals surface area contributed by atoms with Crippen molar-refractivity contribution in [1.82, 2.24) is 0 Å². The molecule has 0 bridgehead atoms. The van der Waals surface area contributed by atoms with Gasteiger partial charge in [-0.25, -0.2) is 0 Å². The van der Waals surface area contributed by atoms with Gasteiger partial charge in [0.05, 0.1) is 4.92 Å². The molecule has 0 aliphatic heterocycles. The van der Waals surface area contributed by atoms with Crippen LogP contribution < -0.4 is 16.2 Å². The minimum Gasteiger partial charge on any atom is -0.365 e. The van der Waals surface area contributed by atoms with E-state index in [9.17, 15) is 10.1 Å². The summed E-state index contributed by atoms with van der Waals surface area (Å²) in [6.45, 7) is 0.579.